The van der Waals surface area contributed by atoms with Gasteiger partial charge in [-0.3, -0.25) is 14.4 Å². The number of aliphatic hydroxyl groups is 1. The summed E-state index contributed by atoms with van der Waals surface area (Å²) in [6.45, 7) is 16.1. The summed E-state index contributed by atoms with van der Waals surface area (Å²) < 4.78 is 0. The van der Waals surface area contributed by atoms with Gasteiger partial charge >= 0.3 is 0 Å². The summed E-state index contributed by atoms with van der Waals surface area (Å²) in [4.78, 5) is 35.6. The van der Waals surface area contributed by atoms with E-state index in [0.717, 1.165) is 29.7 Å². The van der Waals surface area contributed by atoms with Gasteiger partial charge in [-0.05, 0) is 105 Å². The molecule has 46 heavy (non-hydrogen) atoms. The molecule has 9 atom stereocenters. The number of carbonyl (C=O) groups is 2. The molecule has 1 aliphatic heterocycles. The summed E-state index contributed by atoms with van der Waals surface area (Å²) >= 11 is 0. The van der Waals surface area contributed by atoms with Crippen molar-refractivity contribution >= 4 is 11.8 Å². The zero-order valence-electron chi connectivity index (χ0n) is 29.3. The minimum Gasteiger partial charge on any atom is -0.393 e. The van der Waals surface area contributed by atoms with Gasteiger partial charge in [0.15, 0.2) is 0 Å². The van der Waals surface area contributed by atoms with Crippen LogP contribution in [0.2, 0.25) is 0 Å². The quantitative estimate of drug-likeness (QED) is 0.309. The molecule has 0 aromatic heterocycles. The topological polar surface area (TPSA) is 94.1 Å². The van der Waals surface area contributed by atoms with Crippen molar-refractivity contribution in [1.82, 2.24) is 20.6 Å². The minimum atomic E-state index is -0.694. The van der Waals surface area contributed by atoms with Crippen molar-refractivity contribution in [3.05, 3.63) is 59.7 Å². The molecule has 8 heteroatoms. The molecule has 2 bridgehead atoms. The van der Waals surface area contributed by atoms with Gasteiger partial charge in [0, 0.05) is 30.1 Å². The Hall–Kier alpha value is -2.78. The molecule has 3 saturated carbocycles. The summed E-state index contributed by atoms with van der Waals surface area (Å²) in [5.74, 6) is 1.51. The predicted octanol–water partition coefficient (Wildman–Crippen LogP) is 5.36. The number of benzene rings is 2. The Balaban J connectivity index is 1.31. The maximum atomic E-state index is 14.0. The van der Waals surface area contributed by atoms with E-state index in [2.05, 4.69) is 56.2 Å². The first-order valence-corrected chi connectivity index (χ1v) is 17.2. The number of carbonyl (C=O) groups excluding carboxylic acids is 2. The second-order valence-corrected chi connectivity index (χ2v) is 15.6. The van der Waals surface area contributed by atoms with Crippen LogP contribution in [0.15, 0.2) is 48.5 Å². The molecule has 4 fully saturated rings. The molecule has 3 aliphatic carbocycles. The second kappa shape index (κ2) is 13.8. The number of nitrogens with zero attached hydrogens (tertiary/aromatic N) is 2. The third-order valence-electron chi connectivity index (χ3n) is 11.4. The zero-order chi connectivity index (χ0) is 33.5. The van der Waals surface area contributed by atoms with Gasteiger partial charge in [0.1, 0.15) is 6.04 Å². The van der Waals surface area contributed by atoms with Crippen molar-refractivity contribution in [1.29, 1.82) is 0 Å². The molecule has 0 radical (unpaired) electrons. The average molecular weight is 633 g/mol. The number of nitrogens with one attached hydrogen (secondary N) is 2. The lowest BCUT2D eigenvalue weighted by Crippen LogP contribution is -2.62. The Bertz CT molecular complexity index is 1390. The first kappa shape index (κ1) is 34.6. The smallest absolute Gasteiger partial charge is 0.251 e. The van der Waals surface area contributed by atoms with Crippen LogP contribution in [0.1, 0.15) is 77.2 Å². The van der Waals surface area contributed by atoms with Gasteiger partial charge in [0.2, 0.25) is 5.91 Å². The fourth-order valence-electron chi connectivity index (χ4n) is 8.44. The van der Waals surface area contributed by atoms with Crippen molar-refractivity contribution in [2.45, 2.75) is 98.2 Å². The van der Waals surface area contributed by atoms with Gasteiger partial charge in [-0.1, -0.05) is 65.0 Å². The Morgan fingerprint density at radius 2 is 1.72 bits per heavy atom. The van der Waals surface area contributed by atoms with Crippen molar-refractivity contribution in [3.8, 4) is 11.1 Å². The normalized spacial score (nSPS) is 30.1. The molecule has 4 aliphatic rings. The minimum absolute atomic E-state index is 0.0480. The van der Waals surface area contributed by atoms with Crippen LogP contribution in [0.3, 0.4) is 0 Å². The van der Waals surface area contributed by atoms with Crippen LogP contribution in [0, 0.1) is 35.0 Å². The first-order valence-electron chi connectivity index (χ1n) is 17.2. The summed E-state index contributed by atoms with van der Waals surface area (Å²) in [5.41, 5.74) is 3.89. The molecule has 1 heterocycles. The fraction of sp³-hybridized carbons (Fsp3) is 0.632. The van der Waals surface area contributed by atoms with E-state index in [1.54, 1.807) is 12.0 Å². The molecular weight excluding hydrogens is 576 g/mol. The summed E-state index contributed by atoms with van der Waals surface area (Å²) in [6, 6.07) is 15.5. The van der Waals surface area contributed by atoms with Gasteiger partial charge in [-0.2, -0.15) is 5.06 Å². The van der Waals surface area contributed by atoms with E-state index in [9.17, 15) is 14.7 Å². The lowest BCUT2D eigenvalue weighted by atomic mass is 9.45. The zero-order valence-corrected chi connectivity index (χ0v) is 29.3. The van der Waals surface area contributed by atoms with Crippen LogP contribution in [0.25, 0.3) is 11.1 Å². The van der Waals surface area contributed by atoms with Crippen molar-refractivity contribution in [3.63, 3.8) is 0 Å². The van der Waals surface area contributed by atoms with E-state index < -0.39 is 12.1 Å². The number of hydrogen-bond acceptors (Lipinski definition) is 6. The van der Waals surface area contributed by atoms with Crippen LogP contribution in [-0.2, 0) is 16.2 Å². The molecule has 2 aromatic carbocycles. The molecule has 6 rings (SSSR count). The number of aliphatic hydroxyl groups excluding tert-OH is 1. The van der Waals surface area contributed by atoms with Crippen molar-refractivity contribution in [2.75, 3.05) is 20.6 Å². The van der Waals surface area contributed by atoms with Gasteiger partial charge < -0.3 is 20.6 Å². The Kier molecular flexibility index (Phi) is 10.3. The molecular formula is C38H56N4O4. The predicted molar refractivity (Wildman–Crippen MR) is 183 cm³/mol. The lowest BCUT2D eigenvalue weighted by Gasteiger charge is -2.62. The van der Waals surface area contributed by atoms with E-state index in [1.807, 2.05) is 63.5 Å². The maximum Gasteiger partial charge on any atom is 0.251 e. The number of hydrogen-bond donors (Lipinski definition) is 3. The van der Waals surface area contributed by atoms with Crippen LogP contribution in [0.5, 0.6) is 0 Å². The maximum absolute atomic E-state index is 14.0. The van der Waals surface area contributed by atoms with E-state index in [1.165, 1.54) is 6.42 Å². The van der Waals surface area contributed by atoms with E-state index in [4.69, 9.17) is 4.84 Å². The summed E-state index contributed by atoms with van der Waals surface area (Å²) in [5, 5.41) is 19.2. The molecule has 2 amide bonds. The van der Waals surface area contributed by atoms with Crippen LogP contribution >= 0.6 is 0 Å². The number of rotatable bonds is 11. The number of hydroxylamine groups is 2. The highest BCUT2D eigenvalue weighted by atomic mass is 16.7. The third-order valence-corrected chi connectivity index (χ3v) is 11.4. The lowest BCUT2D eigenvalue weighted by molar-refractivity contribution is -0.174. The summed E-state index contributed by atoms with van der Waals surface area (Å²) in [7, 11) is 4.03. The average Bonchev–Trinajstić information content (AvgIpc) is 3.32. The second-order valence-electron chi connectivity index (χ2n) is 15.6. The van der Waals surface area contributed by atoms with Gasteiger partial charge in [-0.25, -0.2) is 0 Å². The van der Waals surface area contributed by atoms with E-state index in [-0.39, 0.29) is 35.9 Å². The Labute approximate surface area is 276 Å². The first-order chi connectivity index (χ1) is 21.7. The molecule has 3 N–H and O–H groups in total. The van der Waals surface area contributed by atoms with Gasteiger partial charge in [0.05, 0.1) is 18.8 Å². The molecule has 0 unspecified atom stereocenters. The van der Waals surface area contributed by atoms with Crippen molar-refractivity contribution < 1.29 is 19.5 Å². The molecule has 1 saturated heterocycles. The van der Waals surface area contributed by atoms with E-state index >= 15 is 0 Å². The largest absolute Gasteiger partial charge is 0.393 e. The number of likely N-dealkylation sites (N-methyl/N-ethyl adjacent to an activating group) is 1. The highest BCUT2D eigenvalue weighted by Crippen LogP contribution is 2.61. The fourth-order valence-corrected chi connectivity index (χ4v) is 8.44. The van der Waals surface area contributed by atoms with Crippen LogP contribution in [0.4, 0.5) is 0 Å². The Morgan fingerprint density at radius 1 is 1.04 bits per heavy atom. The molecule has 252 valence electrons. The third kappa shape index (κ3) is 7.05. The molecule has 2 aromatic rings. The highest BCUT2D eigenvalue weighted by Gasteiger charge is 2.57. The number of amides is 2. The van der Waals surface area contributed by atoms with E-state index in [0.29, 0.717) is 41.2 Å². The van der Waals surface area contributed by atoms with Gasteiger partial charge in [-0.15, -0.1) is 0 Å². The van der Waals surface area contributed by atoms with Crippen LogP contribution < -0.4 is 10.6 Å². The standard InChI is InChI=1S/C38H56N4O4/c1-22(2)33(21-41(8)9)40-36(44)29-15-11-14-28(17-29)27-13-10-12-26(16-27)20-42-35(34(24(4)43)25(5)46-42)37(45)39-32-19-30-18-31(23(32)3)38(30,6)7/h10-17,22-25,30-35,43H,18-21H2,1-9H3,(H,39,45)(H,40,44)/t23-,24-,25-,30+,31-,32-,33+,34+,35-/m0/s1. The van der Waals surface area contributed by atoms with Gasteiger partial charge in [0.25, 0.3) is 5.91 Å². The summed E-state index contributed by atoms with van der Waals surface area (Å²) in [6.07, 6.45) is 1.27. The highest BCUT2D eigenvalue weighted by molar-refractivity contribution is 5.95. The number of fused-ring (bicyclic) bond motifs is 2. The molecule has 8 nitrogen and oxygen atoms in total. The SMILES string of the molecule is CC(C)[C@@H](CN(C)C)NC(=O)c1cccc(-c2cccc(CN3O[C@@H](C)[C@@H]([C@H](C)O)[C@H]3C(=O)N[C@H]3C[C@H]4C[C@@H]([C@@H]3C)C4(C)C)c2)c1. The Morgan fingerprint density at radius 3 is 2.33 bits per heavy atom. The van der Waals surface area contributed by atoms with Crippen LogP contribution in [-0.4, -0.2) is 77.9 Å². The molecule has 0 spiro atoms. The van der Waals surface area contributed by atoms with Crippen molar-refractivity contribution in [2.24, 2.45) is 35.0 Å². The monoisotopic (exact) mass is 632 g/mol.